The normalized spacial score (nSPS) is 23.3. The van der Waals surface area contributed by atoms with Crippen molar-refractivity contribution in [3.8, 4) is 0 Å². The molecule has 0 amide bonds. The molecule has 0 spiro atoms. The monoisotopic (exact) mass is 265 g/mol. The smallest absolute Gasteiger partial charge is 0.191 e. The average Bonchev–Trinajstić information content (AvgIpc) is 2.61. The number of aliphatic imine (C=N–C) groups is 1. The van der Waals surface area contributed by atoms with Crippen molar-refractivity contribution < 1.29 is 0 Å². The second-order valence-electron chi connectivity index (χ2n) is 5.13. The molecule has 1 aliphatic heterocycles. The summed E-state index contributed by atoms with van der Waals surface area (Å²) >= 11 is 5.91. The second kappa shape index (κ2) is 5.19. The second-order valence-corrected chi connectivity index (χ2v) is 5.56. The molecule has 18 heavy (non-hydrogen) atoms. The van der Waals surface area contributed by atoms with Gasteiger partial charge in [-0.25, -0.2) is 0 Å². The van der Waals surface area contributed by atoms with Crippen LogP contribution in [-0.2, 0) is 6.42 Å². The number of halogens is 1. The van der Waals surface area contributed by atoms with Gasteiger partial charge in [0.25, 0.3) is 0 Å². The van der Waals surface area contributed by atoms with E-state index >= 15 is 0 Å². The molecule has 0 saturated heterocycles. The first kappa shape index (κ1) is 13.2. The SMILES string of the molecule is CCCN1C(N)=NCC1(C)Cc1ccc(Cl)cc1. The molecule has 1 aromatic rings. The Hall–Kier alpha value is -1.22. The molecule has 1 atom stereocenters. The largest absolute Gasteiger partial charge is 0.370 e. The summed E-state index contributed by atoms with van der Waals surface area (Å²) in [4.78, 5) is 6.62. The van der Waals surface area contributed by atoms with Crippen molar-refractivity contribution in [1.29, 1.82) is 0 Å². The molecule has 0 aliphatic carbocycles. The zero-order chi connectivity index (χ0) is 13.2. The highest BCUT2D eigenvalue weighted by Crippen LogP contribution is 2.26. The van der Waals surface area contributed by atoms with E-state index in [4.69, 9.17) is 17.3 Å². The van der Waals surface area contributed by atoms with Crippen LogP contribution in [0.1, 0.15) is 25.8 Å². The fourth-order valence-corrected chi connectivity index (χ4v) is 2.63. The highest BCUT2D eigenvalue weighted by molar-refractivity contribution is 6.30. The minimum Gasteiger partial charge on any atom is -0.370 e. The highest BCUT2D eigenvalue weighted by atomic mass is 35.5. The molecule has 1 aliphatic rings. The van der Waals surface area contributed by atoms with Gasteiger partial charge < -0.3 is 10.6 Å². The van der Waals surface area contributed by atoms with E-state index in [1.54, 1.807) is 0 Å². The van der Waals surface area contributed by atoms with Crippen molar-refractivity contribution in [1.82, 2.24) is 4.90 Å². The van der Waals surface area contributed by atoms with Crippen molar-refractivity contribution >= 4 is 17.6 Å². The number of nitrogens with zero attached hydrogens (tertiary/aromatic N) is 2. The lowest BCUT2D eigenvalue weighted by Crippen LogP contribution is -2.51. The minimum absolute atomic E-state index is 0.00603. The van der Waals surface area contributed by atoms with Crippen LogP contribution >= 0.6 is 11.6 Å². The molecule has 4 heteroatoms. The maximum absolute atomic E-state index is 5.97. The third-order valence-corrected chi connectivity index (χ3v) is 3.71. The van der Waals surface area contributed by atoms with Gasteiger partial charge in [-0.05, 0) is 37.5 Å². The lowest BCUT2D eigenvalue weighted by molar-refractivity contribution is 0.221. The van der Waals surface area contributed by atoms with E-state index in [2.05, 4.69) is 35.9 Å². The number of nitrogens with two attached hydrogens (primary N) is 1. The fourth-order valence-electron chi connectivity index (χ4n) is 2.50. The molecular weight excluding hydrogens is 246 g/mol. The summed E-state index contributed by atoms with van der Waals surface area (Å²) < 4.78 is 0. The first-order valence-electron chi connectivity index (χ1n) is 6.37. The van der Waals surface area contributed by atoms with Gasteiger partial charge in [-0.3, -0.25) is 4.99 Å². The van der Waals surface area contributed by atoms with Gasteiger partial charge in [0.2, 0.25) is 0 Å². The van der Waals surface area contributed by atoms with Crippen LogP contribution in [0, 0.1) is 0 Å². The molecule has 0 aromatic heterocycles. The maximum atomic E-state index is 5.97. The Bertz CT molecular complexity index is 441. The van der Waals surface area contributed by atoms with E-state index in [0.717, 1.165) is 31.0 Å². The first-order chi connectivity index (χ1) is 8.55. The van der Waals surface area contributed by atoms with Gasteiger partial charge in [-0.15, -0.1) is 0 Å². The molecule has 2 N–H and O–H groups in total. The predicted octanol–water partition coefficient (Wildman–Crippen LogP) is 2.68. The van der Waals surface area contributed by atoms with Gasteiger partial charge in [-0.1, -0.05) is 30.7 Å². The van der Waals surface area contributed by atoms with E-state index in [1.807, 2.05) is 12.1 Å². The van der Waals surface area contributed by atoms with Crippen LogP contribution in [0.4, 0.5) is 0 Å². The van der Waals surface area contributed by atoms with Crippen molar-refractivity contribution in [3.63, 3.8) is 0 Å². The van der Waals surface area contributed by atoms with Crippen molar-refractivity contribution in [2.24, 2.45) is 10.7 Å². The summed E-state index contributed by atoms with van der Waals surface area (Å²) in [5.74, 6) is 0.674. The third-order valence-electron chi connectivity index (χ3n) is 3.46. The molecule has 2 rings (SSSR count). The van der Waals surface area contributed by atoms with Crippen LogP contribution in [0.2, 0.25) is 5.02 Å². The van der Waals surface area contributed by atoms with Crippen molar-refractivity contribution in [2.75, 3.05) is 13.1 Å². The number of benzene rings is 1. The summed E-state index contributed by atoms with van der Waals surface area (Å²) in [5.41, 5.74) is 7.24. The Morgan fingerprint density at radius 3 is 2.67 bits per heavy atom. The quantitative estimate of drug-likeness (QED) is 0.909. The Labute approximate surface area is 114 Å². The Morgan fingerprint density at radius 2 is 2.06 bits per heavy atom. The number of guanidine groups is 1. The molecule has 1 aromatic carbocycles. The van der Waals surface area contributed by atoms with Gasteiger partial charge in [-0.2, -0.15) is 0 Å². The number of rotatable bonds is 4. The van der Waals surface area contributed by atoms with Crippen molar-refractivity contribution in [2.45, 2.75) is 32.2 Å². The lowest BCUT2D eigenvalue weighted by atomic mass is 9.92. The Morgan fingerprint density at radius 1 is 1.39 bits per heavy atom. The van der Waals surface area contributed by atoms with Gasteiger partial charge in [0.15, 0.2) is 5.96 Å². The molecule has 0 radical (unpaired) electrons. The highest BCUT2D eigenvalue weighted by Gasteiger charge is 2.37. The molecule has 0 bridgehead atoms. The van der Waals surface area contributed by atoms with Crippen LogP contribution in [0.25, 0.3) is 0 Å². The standard InChI is InChI=1S/C14H20ClN3/c1-3-8-18-13(16)17-10-14(18,2)9-11-4-6-12(15)7-5-11/h4-7H,3,8-10H2,1-2H3,(H2,16,17). The summed E-state index contributed by atoms with van der Waals surface area (Å²) in [7, 11) is 0. The van der Waals surface area contributed by atoms with Gasteiger partial charge >= 0.3 is 0 Å². The average molecular weight is 266 g/mol. The summed E-state index contributed by atoms with van der Waals surface area (Å²) in [5, 5.41) is 0.775. The third kappa shape index (κ3) is 2.61. The van der Waals surface area contributed by atoms with E-state index < -0.39 is 0 Å². The van der Waals surface area contributed by atoms with Crippen LogP contribution in [0.3, 0.4) is 0 Å². The topological polar surface area (TPSA) is 41.6 Å². The Balaban J connectivity index is 2.14. The molecule has 0 fully saturated rings. The molecule has 0 saturated carbocycles. The van der Waals surface area contributed by atoms with Crippen molar-refractivity contribution in [3.05, 3.63) is 34.9 Å². The van der Waals surface area contributed by atoms with Crippen LogP contribution in [0.15, 0.2) is 29.3 Å². The zero-order valence-electron chi connectivity index (χ0n) is 11.0. The van der Waals surface area contributed by atoms with Crippen LogP contribution < -0.4 is 5.73 Å². The van der Waals surface area contributed by atoms with E-state index in [0.29, 0.717) is 5.96 Å². The number of hydrogen-bond donors (Lipinski definition) is 1. The summed E-state index contributed by atoms with van der Waals surface area (Å²) in [6.07, 6.45) is 2.01. The zero-order valence-corrected chi connectivity index (χ0v) is 11.7. The fraction of sp³-hybridized carbons (Fsp3) is 0.500. The molecule has 1 unspecified atom stereocenters. The molecule has 98 valence electrons. The summed E-state index contributed by atoms with van der Waals surface area (Å²) in [6, 6.07) is 8.02. The maximum Gasteiger partial charge on any atom is 0.191 e. The summed E-state index contributed by atoms with van der Waals surface area (Å²) in [6.45, 7) is 6.11. The predicted molar refractivity (Wildman–Crippen MR) is 77.0 cm³/mol. The van der Waals surface area contributed by atoms with Gasteiger partial charge in [0.1, 0.15) is 0 Å². The Kier molecular flexibility index (Phi) is 3.81. The van der Waals surface area contributed by atoms with Crippen LogP contribution in [0.5, 0.6) is 0 Å². The minimum atomic E-state index is -0.00603. The first-order valence-corrected chi connectivity index (χ1v) is 6.75. The van der Waals surface area contributed by atoms with Crippen LogP contribution in [-0.4, -0.2) is 29.5 Å². The molecule has 3 nitrogen and oxygen atoms in total. The lowest BCUT2D eigenvalue weighted by Gasteiger charge is -2.36. The van der Waals surface area contributed by atoms with E-state index in [-0.39, 0.29) is 5.54 Å². The van der Waals surface area contributed by atoms with E-state index in [1.165, 1.54) is 5.56 Å². The van der Waals surface area contributed by atoms with Gasteiger partial charge in [0, 0.05) is 11.6 Å². The molecular formula is C14H20ClN3. The molecule has 1 heterocycles. The van der Waals surface area contributed by atoms with E-state index in [9.17, 15) is 0 Å². The number of hydrogen-bond acceptors (Lipinski definition) is 3. The van der Waals surface area contributed by atoms with Gasteiger partial charge in [0.05, 0.1) is 12.1 Å².